The highest BCUT2D eigenvalue weighted by Crippen LogP contribution is 2.29. The van der Waals surface area contributed by atoms with Gasteiger partial charge in [-0.15, -0.1) is 0 Å². The van der Waals surface area contributed by atoms with E-state index in [0.29, 0.717) is 11.8 Å². The fourth-order valence-electron chi connectivity index (χ4n) is 2.94. The Hall–Kier alpha value is -2.18. The molecule has 120 valence electrons. The highest BCUT2D eigenvalue weighted by atomic mass is 16.6. The van der Waals surface area contributed by atoms with Gasteiger partial charge in [0.25, 0.3) is 11.2 Å². The number of hydrogen-bond donors (Lipinski definition) is 1. The second kappa shape index (κ2) is 6.72. The minimum absolute atomic E-state index is 0.102. The van der Waals surface area contributed by atoms with Gasteiger partial charge in [-0.2, -0.15) is 0 Å². The van der Waals surface area contributed by atoms with Crippen LogP contribution in [0.1, 0.15) is 33.1 Å². The highest BCUT2D eigenvalue weighted by Gasteiger charge is 2.28. The zero-order valence-corrected chi connectivity index (χ0v) is 12.8. The molecule has 1 fully saturated rings. The summed E-state index contributed by atoms with van der Waals surface area (Å²) < 4.78 is 1.07. The summed E-state index contributed by atoms with van der Waals surface area (Å²) in [5.74, 6) is 0.660. The van der Waals surface area contributed by atoms with Gasteiger partial charge in [0.05, 0.1) is 11.1 Å². The van der Waals surface area contributed by atoms with Crippen molar-refractivity contribution in [3.05, 3.63) is 38.8 Å². The summed E-state index contributed by atoms with van der Waals surface area (Å²) >= 11 is 0. The maximum absolute atomic E-state index is 12.1. The molecular weight excluding hydrogens is 286 g/mol. The maximum atomic E-state index is 12.1. The number of carbonyl (C=O) groups is 1. The number of nitro groups is 1. The molecule has 0 spiro atoms. The Labute approximate surface area is 128 Å². The van der Waals surface area contributed by atoms with Crippen molar-refractivity contribution in [3.63, 3.8) is 0 Å². The average molecular weight is 307 g/mol. The number of nitrogens with one attached hydrogen (secondary N) is 1. The zero-order valence-electron chi connectivity index (χ0n) is 12.8. The van der Waals surface area contributed by atoms with Crippen LogP contribution in [-0.4, -0.2) is 21.4 Å². The van der Waals surface area contributed by atoms with Crippen molar-refractivity contribution >= 4 is 11.6 Å². The molecule has 0 bridgehead atoms. The van der Waals surface area contributed by atoms with E-state index in [1.54, 1.807) is 0 Å². The largest absolute Gasteiger partial charge is 0.352 e. The Balaban J connectivity index is 2.04. The van der Waals surface area contributed by atoms with Crippen molar-refractivity contribution in [2.75, 3.05) is 0 Å². The molecule has 7 nitrogen and oxygen atoms in total. The molecule has 1 aliphatic carbocycles. The molecule has 0 saturated heterocycles. The Bertz CT molecular complexity index is 625. The van der Waals surface area contributed by atoms with Gasteiger partial charge in [0.1, 0.15) is 6.54 Å². The molecule has 1 aromatic rings. The topological polar surface area (TPSA) is 94.2 Å². The normalized spacial score (nSPS) is 24.7. The zero-order chi connectivity index (χ0) is 16.3. The quantitative estimate of drug-likeness (QED) is 0.676. The Morgan fingerprint density at radius 2 is 2.14 bits per heavy atom. The van der Waals surface area contributed by atoms with Gasteiger partial charge in [-0.25, -0.2) is 0 Å². The third-order valence-corrected chi connectivity index (χ3v) is 4.55. The molecular formula is C15H21N3O4. The number of aromatic nitrogens is 1. The van der Waals surface area contributed by atoms with E-state index < -0.39 is 10.5 Å². The Morgan fingerprint density at radius 3 is 2.82 bits per heavy atom. The van der Waals surface area contributed by atoms with Gasteiger partial charge in [-0.05, 0) is 18.3 Å². The maximum Gasteiger partial charge on any atom is 0.285 e. The van der Waals surface area contributed by atoms with Crippen molar-refractivity contribution in [2.24, 2.45) is 11.8 Å². The lowest BCUT2D eigenvalue weighted by atomic mass is 9.78. The van der Waals surface area contributed by atoms with Crippen LogP contribution >= 0.6 is 0 Å². The van der Waals surface area contributed by atoms with Crippen LogP contribution in [0.3, 0.4) is 0 Å². The van der Waals surface area contributed by atoms with Gasteiger partial charge >= 0.3 is 0 Å². The van der Waals surface area contributed by atoms with Crippen molar-refractivity contribution in [1.82, 2.24) is 9.88 Å². The molecule has 1 N–H and O–H groups in total. The monoisotopic (exact) mass is 307 g/mol. The highest BCUT2D eigenvalue weighted by molar-refractivity contribution is 5.76. The molecule has 0 unspecified atom stereocenters. The van der Waals surface area contributed by atoms with E-state index in [1.165, 1.54) is 0 Å². The molecule has 0 radical (unpaired) electrons. The molecule has 22 heavy (non-hydrogen) atoms. The molecule has 3 atom stereocenters. The van der Waals surface area contributed by atoms with Gasteiger partial charge in [-0.1, -0.05) is 26.7 Å². The number of carbonyl (C=O) groups excluding carboxylic acids is 1. The summed E-state index contributed by atoms with van der Waals surface area (Å²) in [6.45, 7) is 4.10. The van der Waals surface area contributed by atoms with Gasteiger partial charge in [0.2, 0.25) is 5.91 Å². The first-order valence-electron chi connectivity index (χ1n) is 7.52. The van der Waals surface area contributed by atoms with Crippen molar-refractivity contribution in [1.29, 1.82) is 0 Å². The molecule has 0 aromatic carbocycles. The van der Waals surface area contributed by atoms with Gasteiger partial charge < -0.3 is 5.32 Å². The second-order valence-electron chi connectivity index (χ2n) is 6.05. The predicted octanol–water partition coefficient (Wildman–Crippen LogP) is 1.70. The summed E-state index contributed by atoms with van der Waals surface area (Å²) in [6.07, 6.45) is 4.28. The van der Waals surface area contributed by atoms with Crippen LogP contribution in [0.5, 0.6) is 0 Å². The van der Waals surface area contributed by atoms with Crippen LogP contribution in [0.2, 0.25) is 0 Å². The van der Waals surface area contributed by atoms with Crippen LogP contribution < -0.4 is 10.9 Å². The van der Waals surface area contributed by atoms with Crippen LogP contribution in [-0.2, 0) is 11.3 Å². The number of nitrogens with zero attached hydrogens (tertiary/aromatic N) is 2. The molecule has 7 heteroatoms. The Morgan fingerprint density at radius 1 is 1.41 bits per heavy atom. The number of rotatable bonds is 4. The van der Waals surface area contributed by atoms with Crippen molar-refractivity contribution < 1.29 is 9.72 Å². The SMILES string of the molecule is C[C@H]1[C@@H](NC(=O)Cn2cc([N+](=O)[O-])ccc2=O)CCC[C@@H]1C. The summed E-state index contributed by atoms with van der Waals surface area (Å²) in [5, 5.41) is 13.7. The lowest BCUT2D eigenvalue weighted by molar-refractivity contribution is -0.385. The van der Waals surface area contributed by atoms with Gasteiger partial charge in [0.15, 0.2) is 0 Å². The van der Waals surface area contributed by atoms with Crippen LogP contribution in [0.25, 0.3) is 0 Å². The summed E-state index contributed by atoms with van der Waals surface area (Å²) in [4.78, 5) is 34.0. The lowest BCUT2D eigenvalue weighted by Gasteiger charge is -2.34. The van der Waals surface area contributed by atoms with E-state index in [1.807, 2.05) is 0 Å². The van der Waals surface area contributed by atoms with E-state index in [-0.39, 0.29) is 24.2 Å². The van der Waals surface area contributed by atoms with Crippen LogP contribution in [0, 0.1) is 22.0 Å². The molecule has 2 rings (SSSR count). The van der Waals surface area contributed by atoms with E-state index in [9.17, 15) is 19.7 Å². The molecule has 0 aliphatic heterocycles. The van der Waals surface area contributed by atoms with E-state index in [4.69, 9.17) is 0 Å². The van der Waals surface area contributed by atoms with Crippen LogP contribution in [0.4, 0.5) is 5.69 Å². The molecule has 1 aromatic heterocycles. The summed E-state index contributed by atoms with van der Waals surface area (Å²) in [6, 6.07) is 2.35. The fourth-order valence-corrected chi connectivity index (χ4v) is 2.94. The van der Waals surface area contributed by atoms with Gasteiger partial charge in [-0.3, -0.25) is 24.3 Å². The fraction of sp³-hybridized carbons (Fsp3) is 0.600. The van der Waals surface area contributed by atoms with Crippen LogP contribution in [0.15, 0.2) is 23.1 Å². The van der Waals surface area contributed by atoms with Crippen molar-refractivity contribution in [2.45, 2.75) is 45.7 Å². The average Bonchev–Trinajstić information content (AvgIpc) is 2.46. The molecule has 1 heterocycles. The number of hydrogen-bond acceptors (Lipinski definition) is 4. The first-order valence-corrected chi connectivity index (χ1v) is 7.52. The van der Waals surface area contributed by atoms with E-state index >= 15 is 0 Å². The van der Waals surface area contributed by atoms with E-state index in [0.717, 1.165) is 42.2 Å². The third kappa shape index (κ3) is 3.72. The van der Waals surface area contributed by atoms with Crippen molar-refractivity contribution in [3.8, 4) is 0 Å². The van der Waals surface area contributed by atoms with Gasteiger partial charge in [0, 0.05) is 18.2 Å². The molecule has 1 saturated carbocycles. The number of amides is 1. The van der Waals surface area contributed by atoms with E-state index in [2.05, 4.69) is 19.2 Å². The molecule has 1 amide bonds. The smallest absolute Gasteiger partial charge is 0.285 e. The predicted molar refractivity (Wildman–Crippen MR) is 81.5 cm³/mol. The third-order valence-electron chi connectivity index (χ3n) is 4.55. The first kappa shape index (κ1) is 16.2. The first-order chi connectivity index (χ1) is 10.4. The summed E-state index contributed by atoms with van der Waals surface area (Å²) in [7, 11) is 0. The standard InChI is InChI=1S/C15H21N3O4/c1-10-4-3-5-13(11(10)2)16-14(19)9-17-8-12(18(21)22)6-7-15(17)20/h6-8,10-11,13H,3-5,9H2,1-2H3,(H,16,19)/t10-,11+,13-/m0/s1. The second-order valence-corrected chi connectivity index (χ2v) is 6.05. The lowest BCUT2D eigenvalue weighted by Crippen LogP contribution is -2.45. The minimum atomic E-state index is -0.585. The minimum Gasteiger partial charge on any atom is -0.352 e. The number of pyridine rings is 1. The molecule has 1 aliphatic rings. The Kier molecular flexibility index (Phi) is 4.95. The summed E-state index contributed by atoms with van der Waals surface area (Å²) in [5.41, 5.74) is -0.627.